The highest BCUT2D eigenvalue weighted by Crippen LogP contribution is 2.27. The van der Waals surface area contributed by atoms with E-state index in [0.29, 0.717) is 6.04 Å². The van der Waals surface area contributed by atoms with Gasteiger partial charge in [0.25, 0.3) is 0 Å². The van der Waals surface area contributed by atoms with Crippen LogP contribution in [0.25, 0.3) is 16.6 Å². The quantitative estimate of drug-likeness (QED) is 0.407. The van der Waals surface area contributed by atoms with Crippen LogP contribution in [0.15, 0.2) is 61.4 Å². The zero-order valence-corrected chi connectivity index (χ0v) is 19.8. The molecule has 0 aliphatic carbocycles. The third-order valence-electron chi connectivity index (χ3n) is 6.55. The molecule has 0 spiro atoms. The largest absolute Gasteiger partial charge is 0.354 e. The lowest BCUT2D eigenvalue weighted by atomic mass is 10.0. The fourth-order valence-electron chi connectivity index (χ4n) is 4.66. The minimum atomic E-state index is 0.436. The zero-order valence-electron chi connectivity index (χ0n) is 19.8. The normalized spacial score (nSPS) is 16.2. The van der Waals surface area contributed by atoms with Crippen molar-refractivity contribution in [1.29, 1.82) is 0 Å². The average molecular weight is 466 g/mol. The summed E-state index contributed by atoms with van der Waals surface area (Å²) < 4.78 is 1.78. The number of fused-ring (bicyclic) bond motifs is 2. The van der Waals surface area contributed by atoms with Crippen LogP contribution < -0.4 is 15.5 Å². The minimum absolute atomic E-state index is 0.436. The highest BCUT2D eigenvalue weighted by Gasteiger charge is 2.18. The number of nitrogens with zero attached hydrogens (tertiary/aromatic N) is 7. The number of rotatable bonds is 5. The molecule has 176 valence electrons. The molecule has 0 amide bonds. The predicted molar refractivity (Wildman–Crippen MR) is 137 cm³/mol. The number of hydrogen-bond acceptors (Lipinski definition) is 8. The first-order chi connectivity index (χ1) is 17.1. The lowest BCUT2D eigenvalue weighted by molar-refractivity contribution is 0.482. The van der Waals surface area contributed by atoms with Crippen molar-refractivity contribution in [3.8, 4) is 0 Å². The minimum Gasteiger partial charge on any atom is -0.354 e. The van der Waals surface area contributed by atoms with Crippen molar-refractivity contribution >= 4 is 33.9 Å². The SMILES string of the molecule is Cc1cc(Nc2ncnc3cnc(N4CCN[C@H](C)C4)cc23)ccc1Cc1ccn2ncnc2c1. The van der Waals surface area contributed by atoms with Crippen LogP contribution in [0.2, 0.25) is 0 Å². The van der Waals surface area contributed by atoms with E-state index in [4.69, 9.17) is 0 Å². The van der Waals surface area contributed by atoms with E-state index in [1.165, 1.54) is 16.7 Å². The highest BCUT2D eigenvalue weighted by molar-refractivity contribution is 5.91. The fraction of sp³-hybridized carbons (Fsp3) is 0.269. The van der Waals surface area contributed by atoms with E-state index < -0.39 is 0 Å². The van der Waals surface area contributed by atoms with Crippen LogP contribution >= 0.6 is 0 Å². The summed E-state index contributed by atoms with van der Waals surface area (Å²) in [5.41, 5.74) is 6.37. The number of aryl methyl sites for hydroxylation is 1. The van der Waals surface area contributed by atoms with Gasteiger partial charge in [-0.2, -0.15) is 5.10 Å². The van der Waals surface area contributed by atoms with E-state index in [1.54, 1.807) is 17.2 Å². The Morgan fingerprint density at radius 1 is 1.06 bits per heavy atom. The molecule has 0 bridgehead atoms. The molecule has 9 nitrogen and oxygen atoms in total. The van der Waals surface area contributed by atoms with Gasteiger partial charge in [0.05, 0.1) is 11.7 Å². The standard InChI is InChI=1S/C26H27N9/c1-17-9-21(4-3-20(17)10-19-5-7-35-25(11-19)30-16-32-35)33-26-22-12-24(28-13-23(22)29-15-31-26)34-8-6-27-18(2)14-34/h3-5,7,9,11-13,15-16,18,27H,6,8,10,14H2,1-2H3,(H,29,31,33)/t18-/m1/s1. The Hall–Kier alpha value is -4.11. The predicted octanol–water partition coefficient (Wildman–Crippen LogP) is 3.51. The van der Waals surface area contributed by atoms with Crippen LogP contribution in [0.3, 0.4) is 0 Å². The van der Waals surface area contributed by atoms with Gasteiger partial charge in [-0.3, -0.25) is 0 Å². The molecular formula is C26H27N9. The molecule has 9 heteroatoms. The maximum absolute atomic E-state index is 4.66. The Morgan fingerprint density at radius 2 is 2.00 bits per heavy atom. The van der Waals surface area contributed by atoms with Gasteiger partial charge in [0.1, 0.15) is 24.3 Å². The summed E-state index contributed by atoms with van der Waals surface area (Å²) in [5, 5.41) is 12.1. The summed E-state index contributed by atoms with van der Waals surface area (Å²) in [5.74, 6) is 1.74. The van der Waals surface area contributed by atoms with Gasteiger partial charge in [-0.1, -0.05) is 6.07 Å². The molecule has 1 saturated heterocycles. The topological polar surface area (TPSA) is 96.2 Å². The molecule has 6 rings (SSSR count). The van der Waals surface area contributed by atoms with Crippen LogP contribution in [-0.2, 0) is 6.42 Å². The summed E-state index contributed by atoms with van der Waals surface area (Å²) >= 11 is 0. The summed E-state index contributed by atoms with van der Waals surface area (Å²) in [7, 11) is 0. The molecule has 4 aromatic heterocycles. The Labute approximate surface area is 203 Å². The van der Waals surface area contributed by atoms with Gasteiger partial charge in [-0.15, -0.1) is 0 Å². The molecule has 0 saturated carbocycles. The maximum Gasteiger partial charge on any atom is 0.155 e. The van der Waals surface area contributed by atoms with Gasteiger partial charge in [0, 0.05) is 42.9 Å². The van der Waals surface area contributed by atoms with E-state index >= 15 is 0 Å². The fourth-order valence-corrected chi connectivity index (χ4v) is 4.66. The molecule has 0 unspecified atom stereocenters. The Morgan fingerprint density at radius 3 is 2.89 bits per heavy atom. The van der Waals surface area contributed by atoms with E-state index in [0.717, 1.165) is 59.9 Å². The molecule has 2 N–H and O–H groups in total. The first kappa shape index (κ1) is 21.4. The average Bonchev–Trinajstić information content (AvgIpc) is 3.34. The van der Waals surface area contributed by atoms with Crippen molar-refractivity contribution in [2.75, 3.05) is 29.9 Å². The van der Waals surface area contributed by atoms with Crippen LogP contribution in [-0.4, -0.2) is 55.2 Å². The molecule has 1 fully saturated rings. The summed E-state index contributed by atoms with van der Waals surface area (Å²) in [6, 6.07) is 13.1. The number of aromatic nitrogens is 6. The summed E-state index contributed by atoms with van der Waals surface area (Å²) in [4.78, 5) is 20.2. The molecular weight excluding hydrogens is 438 g/mol. The number of nitrogens with one attached hydrogen (secondary N) is 2. The van der Waals surface area contributed by atoms with Crippen LogP contribution in [0.1, 0.15) is 23.6 Å². The van der Waals surface area contributed by atoms with Crippen molar-refractivity contribution < 1.29 is 0 Å². The molecule has 1 aromatic carbocycles. The second-order valence-electron chi connectivity index (χ2n) is 9.12. The molecule has 1 aliphatic rings. The van der Waals surface area contributed by atoms with Gasteiger partial charge in [0.15, 0.2) is 5.65 Å². The van der Waals surface area contributed by atoms with Gasteiger partial charge in [-0.05, 0) is 67.3 Å². The van der Waals surface area contributed by atoms with Gasteiger partial charge >= 0.3 is 0 Å². The van der Waals surface area contributed by atoms with Crippen molar-refractivity contribution in [2.45, 2.75) is 26.3 Å². The van der Waals surface area contributed by atoms with E-state index in [1.807, 2.05) is 12.4 Å². The number of pyridine rings is 2. The van der Waals surface area contributed by atoms with Gasteiger partial charge in [-0.25, -0.2) is 24.5 Å². The summed E-state index contributed by atoms with van der Waals surface area (Å²) in [6.07, 6.45) is 7.79. The molecule has 5 aromatic rings. The third-order valence-corrected chi connectivity index (χ3v) is 6.55. The Balaban J connectivity index is 1.25. The lowest BCUT2D eigenvalue weighted by Crippen LogP contribution is -2.49. The van der Waals surface area contributed by atoms with Crippen molar-refractivity contribution in [2.24, 2.45) is 0 Å². The van der Waals surface area contributed by atoms with Crippen molar-refractivity contribution in [3.05, 3.63) is 78.1 Å². The van der Waals surface area contributed by atoms with Crippen molar-refractivity contribution in [1.82, 2.24) is 34.9 Å². The van der Waals surface area contributed by atoms with Crippen LogP contribution in [0.5, 0.6) is 0 Å². The third kappa shape index (κ3) is 4.38. The van der Waals surface area contributed by atoms with Crippen molar-refractivity contribution in [3.63, 3.8) is 0 Å². The molecule has 35 heavy (non-hydrogen) atoms. The second kappa shape index (κ2) is 8.92. The van der Waals surface area contributed by atoms with E-state index in [-0.39, 0.29) is 0 Å². The smallest absolute Gasteiger partial charge is 0.155 e. The van der Waals surface area contributed by atoms with Crippen LogP contribution in [0, 0.1) is 6.92 Å². The van der Waals surface area contributed by atoms with Crippen LogP contribution in [0.4, 0.5) is 17.3 Å². The van der Waals surface area contributed by atoms with E-state index in [2.05, 4.69) is 90.8 Å². The van der Waals surface area contributed by atoms with Gasteiger partial charge < -0.3 is 15.5 Å². The molecule has 5 heterocycles. The monoisotopic (exact) mass is 465 g/mol. The summed E-state index contributed by atoms with van der Waals surface area (Å²) in [6.45, 7) is 7.16. The molecule has 0 radical (unpaired) electrons. The zero-order chi connectivity index (χ0) is 23.8. The Kier molecular flexibility index (Phi) is 5.46. The second-order valence-corrected chi connectivity index (χ2v) is 9.12. The highest BCUT2D eigenvalue weighted by atomic mass is 15.3. The molecule has 1 aliphatic heterocycles. The Bertz CT molecular complexity index is 1510. The number of hydrogen-bond donors (Lipinski definition) is 2. The van der Waals surface area contributed by atoms with Gasteiger partial charge in [0.2, 0.25) is 0 Å². The number of anilines is 3. The maximum atomic E-state index is 4.66. The number of benzene rings is 1. The first-order valence-corrected chi connectivity index (χ1v) is 11.9. The number of piperazine rings is 1. The first-order valence-electron chi connectivity index (χ1n) is 11.9. The van der Waals surface area contributed by atoms with E-state index in [9.17, 15) is 0 Å². The lowest BCUT2D eigenvalue weighted by Gasteiger charge is -2.32. The molecule has 1 atom stereocenters.